The van der Waals surface area contributed by atoms with E-state index in [0.717, 1.165) is 18.9 Å². The molecule has 11 nitrogen and oxygen atoms in total. The average molecular weight is 513 g/mol. The second-order valence-corrected chi connectivity index (χ2v) is 9.02. The van der Waals surface area contributed by atoms with E-state index in [1.165, 1.54) is 23.8 Å². The third-order valence-corrected chi connectivity index (χ3v) is 5.98. The van der Waals surface area contributed by atoms with E-state index in [-0.39, 0.29) is 41.9 Å². The predicted octanol–water partition coefficient (Wildman–Crippen LogP) is 3.42. The third-order valence-electron chi connectivity index (χ3n) is 5.98. The SMILES string of the molecule is COCc1cn2c(Nc3cc([C@@H]4OC[C@H](OC(=O)NC5(C)CC5)[C@@H]4F)[nH]n3)nc(C(F)(F)F)cc2n1. The Morgan fingerprint density at radius 1 is 1.33 bits per heavy atom. The third kappa shape index (κ3) is 4.93. The molecule has 2 fully saturated rings. The summed E-state index contributed by atoms with van der Waals surface area (Å²) in [7, 11) is 1.44. The maximum Gasteiger partial charge on any atom is 0.433 e. The highest BCUT2D eigenvalue weighted by molar-refractivity contribution is 5.69. The second-order valence-electron chi connectivity index (χ2n) is 9.02. The first-order chi connectivity index (χ1) is 17.0. The Bertz CT molecular complexity index is 1270. The molecule has 1 aliphatic heterocycles. The number of anilines is 2. The predicted molar refractivity (Wildman–Crippen MR) is 115 cm³/mol. The number of rotatable bonds is 7. The lowest BCUT2D eigenvalue weighted by Crippen LogP contribution is -2.39. The molecule has 0 aromatic carbocycles. The Balaban J connectivity index is 1.32. The molecule has 1 amide bonds. The number of hydrogen-bond donors (Lipinski definition) is 3. The highest BCUT2D eigenvalue weighted by Crippen LogP contribution is 2.36. The summed E-state index contributed by atoms with van der Waals surface area (Å²) in [5.74, 6) is -0.136. The molecule has 0 bridgehead atoms. The van der Waals surface area contributed by atoms with Gasteiger partial charge in [0.2, 0.25) is 5.95 Å². The van der Waals surface area contributed by atoms with Crippen LogP contribution in [-0.4, -0.2) is 62.2 Å². The van der Waals surface area contributed by atoms with Crippen LogP contribution in [0.15, 0.2) is 18.3 Å². The summed E-state index contributed by atoms with van der Waals surface area (Å²) in [5.41, 5.74) is -0.851. The van der Waals surface area contributed by atoms with Gasteiger partial charge in [0, 0.05) is 31.0 Å². The number of carbonyl (C=O) groups excluding carboxylic acids is 1. The quantitative estimate of drug-likeness (QED) is 0.410. The van der Waals surface area contributed by atoms with Gasteiger partial charge in [-0.3, -0.25) is 9.50 Å². The number of methoxy groups -OCH3 is 1. The fourth-order valence-corrected chi connectivity index (χ4v) is 3.81. The molecule has 15 heteroatoms. The van der Waals surface area contributed by atoms with Crippen LogP contribution in [0.5, 0.6) is 0 Å². The topological polar surface area (TPSA) is 128 Å². The summed E-state index contributed by atoms with van der Waals surface area (Å²) in [6, 6.07) is 2.20. The first kappa shape index (κ1) is 24.2. The molecule has 194 valence electrons. The van der Waals surface area contributed by atoms with Crippen molar-refractivity contribution in [3.8, 4) is 0 Å². The van der Waals surface area contributed by atoms with Gasteiger partial charge < -0.3 is 24.8 Å². The standard InChI is InChI=1S/C21H23F4N7O4/c1-20(3-4-20)29-19(33)36-12-9-35-17(16(12)22)11-5-14(31-30-11)28-18-27-13(21(23,24)25)6-15-26-10(8-34-2)7-32(15)18/h5-7,12,16-17H,3-4,8-9H2,1-2H3,(H,29,33)(H2,27,28,30,31)/t12-,16-,17-/m0/s1. The largest absolute Gasteiger partial charge is 0.441 e. The molecule has 3 N–H and O–H groups in total. The van der Waals surface area contributed by atoms with Crippen LogP contribution in [-0.2, 0) is 27.0 Å². The fourth-order valence-electron chi connectivity index (χ4n) is 3.81. The lowest BCUT2D eigenvalue weighted by Gasteiger charge is -2.17. The second kappa shape index (κ2) is 8.89. The molecule has 36 heavy (non-hydrogen) atoms. The number of imidazole rings is 1. The van der Waals surface area contributed by atoms with E-state index in [4.69, 9.17) is 14.2 Å². The molecule has 2 aliphatic rings. The monoisotopic (exact) mass is 513 g/mol. The van der Waals surface area contributed by atoms with Gasteiger partial charge in [-0.05, 0) is 19.8 Å². The summed E-state index contributed by atoms with van der Waals surface area (Å²) in [5, 5.41) is 12.0. The molecule has 1 saturated heterocycles. The maximum absolute atomic E-state index is 15.0. The number of amides is 1. The number of alkyl halides is 4. The molecule has 1 saturated carbocycles. The molecule has 0 radical (unpaired) electrons. The Kier molecular flexibility index (Phi) is 5.98. The molecular formula is C21H23F4N7O4. The molecule has 0 spiro atoms. The van der Waals surface area contributed by atoms with Gasteiger partial charge in [0.25, 0.3) is 0 Å². The number of aromatic nitrogens is 5. The number of nitrogens with one attached hydrogen (secondary N) is 3. The van der Waals surface area contributed by atoms with Crippen molar-refractivity contribution >= 4 is 23.5 Å². The number of H-pyrrole nitrogens is 1. The molecule has 3 aromatic rings. The van der Waals surface area contributed by atoms with E-state index in [2.05, 4.69) is 30.8 Å². The van der Waals surface area contributed by atoms with Gasteiger partial charge in [0.15, 0.2) is 23.8 Å². The minimum Gasteiger partial charge on any atom is -0.441 e. The molecular weight excluding hydrogens is 490 g/mol. The van der Waals surface area contributed by atoms with Crippen molar-refractivity contribution in [1.29, 1.82) is 0 Å². The molecule has 0 unspecified atom stereocenters. The van der Waals surface area contributed by atoms with Gasteiger partial charge in [0.1, 0.15) is 11.8 Å². The normalized spacial score (nSPS) is 23.1. The number of alkyl carbamates (subject to hydrolysis) is 1. The smallest absolute Gasteiger partial charge is 0.433 e. The van der Waals surface area contributed by atoms with E-state index in [1.807, 2.05) is 6.92 Å². The van der Waals surface area contributed by atoms with Crippen molar-refractivity contribution in [2.75, 3.05) is 19.0 Å². The fraction of sp³-hybridized carbons (Fsp3) is 0.524. The molecule has 1 aliphatic carbocycles. The summed E-state index contributed by atoms with van der Waals surface area (Å²) in [6.07, 6.45) is -6.20. The molecule has 4 heterocycles. The Morgan fingerprint density at radius 3 is 2.81 bits per heavy atom. The highest BCUT2D eigenvalue weighted by Gasteiger charge is 2.44. The number of aromatic amines is 1. The van der Waals surface area contributed by atoms with Crippen LogP contribution in [0.2, 0.25) is 0 Å². The van der Waals surface area contributed by atoms with Gasteiger partial charge in [-0.2, -0.15) is 18.3 Å². The minimum atomic E-state index is -4.71. The Morgan fingerprint density at radius 2 is 2.11 bits per heavy atom. The van der Waals surface area contributed by atoms with Crippen LogP contribution in [0, 0.1) is 0 Å². The van der Waals surface area contributed by atoms with E-state index in [0.29, 0.717) is 5.69 Å². The van der Waals surface area contributed by atoms with E-state index < -0.39 is 36.3 Å². The van der Waals surface area contributed by atoms with Crippen molar-refractivity contribution in [3.63, 3.8) is 0 Å². The minimum absolute atomic E-state index is 0.00362. The number of carbonyl (C=O) groups is 1. The van der Waals surface area contributed by atoms with Crippen LogP contribution < -0.4 is 10.6 Å². The van der Waals surface area contributed by atoms with Crippen LogP contribution in [0.3, 0.4) is 0 Å². The van der Waals surface area contributed by atoms with Crippen molar-refractivity contribution in [1.82, 2.24) is 29.9 Å². The summed E-state index contributed by atoms with van der Waals surface area (Å²) < 4.78 is 72.1. The lowest BCUT2D eigenvalue weighted by molar-refractivity contribution is -0.141. The van der Waals surface area contributed by atoms with Gasteiger partial charge in [-0.1, -0.05) is 0 Å². The summed E-state index contributed by atoms with van der Waals surface area (Å²) in [4.78, 5) is 19.8. The molecule has 3 aromatic heterocycles. The van der Waals surface area contributed by atoms with Crippen LogP contribution >= 0.6 is 0 Å². The zero-order chi connectivity index (χ0) is 25.7. The highest BCUT2D eigenvalue weighted by atomic mass is 19.4. The number of halogens is 4. The lowest BCUT2D eigenvalue weighted by atomic mass is 10.1. The van der Waals surface area contributed by atoms with Crippen molar-refractivity contribution in [3.05, 3.63) is 35.4 Å². The van der Waals surface area contributed by atoms with Gasteiger partial charge in [-0.25, -0.2) is 19.2 Å². The number of hydrogen-bond acceptors (Lipinski definition) is 8. The van der Waals surface area contributed by atoms with Crippen molar-refractivity contribution < 1.29 is 36.6 Å². The van der Waals surface area contributed by atoms with E-state index in [1.54, 1.807) is 0 Å². The average Bonchev–Trinajstić information content (AvgIpc) is 3.14. The van der Waals surface area contributed by atoms with Crippen LogP contribution in [0.1, 0.15) is 43.0 Å². The van der Waals surface area contributed by atoms with Crippen molar-refractivity contribution in [2.24, 2.45) is 0 Å². The van der Waals surface area contributed by atoms with E-state index >= 15 is 0 Å². The number of nitrogens with zero attached hydrogens (tertiary/aromatic N) is 4. The van der Waals surface area contributed by atoms with E-state index in [9.17, 15) is 22.4 Å². The number of ether oxygens (including phenoxy) is 3. The Labute approximate surface area is 201 Å². The van der Waals surface area contributed by atoms with Crippen LogP contribution in [0.4, 0.5) is 34.1 Å². The zero-order valence-electron chi connectivity index (χ0n) is 19.2. The Hall–Kier alpha value is -3.46. The van der Waals surface area contributed by atoms with Gasteiger partial charge in [0.05, 0.1) is 24.6 Å². The maximum atomic E-state index is 15.0. The van der Waals surface area contributed by atoms with Crippen molar-refractivity contribution in [2.45, 2.75) is 56.5 Å². The van der Waals surface area contributed by atoms with Gasteiger partial charge in [-0.15, -0.1) is 0 Å². The molecule has 3 atom stereocenters. The number of fused-ring (bicyclic) bond motifs is 1. The summed E-state index contributed by atoms with van der Waals surface area (Å²) in [6.45, 7) is 1.79. The molecule has 5 rings (SSSR count). The first-order valence-corrected chi connectivity index (χ1v) is 11.1. The summed E-state index contributed by atoms with van der Waals surface area (Å²) >= 11 is 0. The van der Waals surface area contributed by atoms with Gasteiger partial charge >= 0.3 is 12.3 Å². The first-order valence-electron chi connectivity index (χ1n) is 11.1. The zero-order valence-corrected chi connectivity index (χ0v) is 19.2. The van der Waals surface area contributed by atoms with Crippen LogP contribution in [0.25, 0.3) is 5.65 Å².